The normalized spacial score (nSPS) is 10.6. The molecule has 114 valence electrons. The third kappa shape index (κ3) is 2.76. The Labute approximate surface area is 136 Å². The molecule has 0 aliphatic heterocycles. The fourth-order valence-electron chi connectivity index (χ4n) is 2.34. The van der Waals surface area contributed by atoms with E-state index in [4.69, 9.17) is 0 Å². The Morgan fingerprint density at radius 2 is 2.13 bits per heavy atom. The van der Waals surface area contributed by atoms with Crippen molar-refractivity contribution >= 4 is 28.5 Å². The van der Waals surface area contributed by atoms with Gasteiger partial charge in [0.1, 0.15) is 6.07 Å². The molecule has 7 heteroatoms. The first-order chi connectivity index (χ1) is 11.1. The predicted molar refractivity (Wildman–Crippen MR) is 87.3 cm³/mol. The summed E-state index contributed by atoms with van der Waals surface area (Å²) in [6.07, 6.45) is 0. The highest BCUT2D eigenvalue weighted by atomic mass is 32.2. The van der Waals surface area contributed by atoms with Crippen LogP contribution in [-0.4, -0.2) is 14.5 Å². The molecule has 0 saturated heterocycles. The van der Waals surface area contributed by atoms with Crippen LogP contribution in [-0.2, 0) is 6.54 Å². The average Bonchev–Trinajstić information content (AvgIpc) is 2.92. The Morgan fingerprint density at radius 3 is 2.83 bits per heavy atom. The van der Waals surface area contributed by atoms with E-state index in [1.54, 1.807) is 6.07 Å². The number of nitrogens with zero attached hydrogens (tertiary/aromatic N) is 4. The highest BCUT2D eigenvalue weighted by Gasteiger charge is 2.15. The van der Waals surface area contributed by atoms with Crippen molar-refractivity contribution in [2.24, 2.45) is 0 Å². The summed E-state index contributed by atoms with van der Waals surface area (Å²) in [5.74, 6) is 0. The fraction of sp³-hybridized carbons (Fsp3) is 0.125. The highest BCUT2D eigenvalue weighted by molar-refractivity contribution is 7.99. The van der Waals surface area contributed by atoms with E-state index in [1.807, 2.05) is 37.3 Å². The van der Waals surface area contributed by atoms with Crippen molar-refractivity contribution in [1.29, 1.82) is 5.26 Å². The van der Waals surface area contributed by atoms with Crippen molar-refractivity contribution in [2.75, 3.05) is 0 Å². The molecule has 1 heterocycles. The maximum Gasteiger partial charge on any atom is 0.270 e. The Balaban J connectivity index is 2.06. The second-order valence-corrected chi connectivity index (χ2v) is 5.79. The molecule has 0 bridgehead atoms. The number of para-hydroxylation sites is 2. The lowest BCUT2D eigenvalue weighted by Gasteiger charge is -2.06. The van der Waals surface area contributed by atoms with Crippen LogP contribution in [0.2, 0.25) is 0 Å². The summed E-state index contributed by atoms with van der Waals surface area (Å²) in [5, 5.41) is 20.8. The number of nitro groups is 1. The molecule has 0 spiro atoms. The minimum Gasteiger partial charge on any atom is -0.319 e. The number of aromatic nitrogens is 2. The first kappa shape index (κ1) is 15.1. The van der Waals surface area contributed by atoms with Gasteiger partial charge in [-0.2, -0.15) is 5.26 Å². The Bertz CT molecular complexity index is 943. The number of non-ortho nitro benzene ring substituents is 1. The molecule has 1 aromatic heterocycles. The molecule has 0 atom stereocenters. The third-order valence-corrected chi connectivity index (χ3v) is 4.50. The molecule has 0 fully saturated rings. The van der Waals surface area contributed by atoms with Crippen LogP contribution in [0.25, 0.3) is 11.0 Å². The standard InChI is InChI=1S/C16H12N4O2S/c1-2-19-14-6-4-3-5-13(14)18-16(19)23-15-8-7-12(20(21)22)9-11(15)10-17/h3-9H,2H2,1H3. The summed E-state index contributed by atoms with van der Waals surface area (Å²) >= 11 is 1.34. The number of imidazole rings is 1. The van der Waals surface area contributed by atoms with Gasteiger partial charge in [-0.05, 0) is 25.1 Å². The second kappa shape index (κ2) is 6.10. The van der Waals surface area contributed by atoms with E-state index in [-0.39, 0.29) is 11.3 Å². The molecule has 0 saturated carbocycles. The molecule has 23 heavy (non-hydrogen) atoms. The Hall–Kier alpha value is -2.85. The predicted octanol–water partition coefficient (Wildman–Crippen LogP) is 3.99. The molecule has 0 aliphatic carbocycles. The maximum absolute atomic E-state index is 10.8. The molecule has 6 nitrogen and oxygen atoms in total. The zero-order valence-electron chi connectivity index (χ0n) is 12.3. The quantitative estimate of drug-likeness (QED) is 0.535. The molecule has 0 aliphatic rings. The van der Waals surface area contributed by atoms with Crippen molar-refractivity contribution in [1.82, 2.24) is 9.55 Å². The second-order valence-electron chi connectivity index (χ2n) is 4.78. The van der Waals surface area contributed by atoms with Crippen LogP contribution >= 0.6 is 11.8 Å². The number of fused-ring (bicyclic) bond motifs is 1. The van der Waals surface area contributed by atoms with Crippen LogP contribution in [0, 0.1) is 21.4 Å². The van der Waals surface area contributed by atoms with Crippen LogP contribution in [0.4, 0.5) is 5.69 Å². The van der Waals surface area contributed by atoms with Crippen molar-refractivity contribution in [3.63, 3.8) is 0 Å². The third-order valence-electron chi connectivity index (χ3n) is 3.43. The van der Waals surface area contributed by atoms with Gasteiger partial charge in [-0.25, -0.2) is 4.98 Å². The lowest BCUT2D eigenvalue weighted by molar-refractivity contribution is -0.384. The van der Waals surface area contributed by atoms with E-state index in [0.717, 1.165) is 22.7 Å². The van der Waals surface area contributed by atoms with Gasteiger partial charge < -0.3 is 4.57 Å². The Morgan fingerprint density at radius 1 is 1.35 bits per heavy atom. The van der Waals surface area contributed by atoms with Crippen molar-refractivity contribution in [3.05, 3.63) is 58.1 Å². The molecule has 0 amide bonds. The minimum absolute atomic E-state index is 0.0881. The van der Waals surface area contributed by atoms with Crippen LogP contribution in [0.3, 0.4) is 0 Å². The molecule has 0 unspecified atom stereocenters. The van der Waals surface area contributed by atoms with Gasteiger partial charge in [0.05, 0.1) is 21.5 Å². The van der Waals surface area contributed by atoms with E-state index in [2.05, 4.69) is 9.55 Å². The van der Waals surface area contributed by atoms with E-state index in [9.17, 15) is 15.4 Å². The molecule has 3 rings (SSSR count). The molecular weight excluding hydrogens is 312 g/mol. The molecule has 0 N–H and O–H groups in total. The van der Waals surface area contributed by atoms with Crippen LogP contribution < -0.4 is 0 Å². The highest BCUT2D eigenvalue weighted by Crippen LogP contribution is 2.33. The summed E-state index contributed by atoms with van der Waals surface area (Å²) in [6, 6.07) is 14.1. The first-order valence-corrected chi connectivity index (χ1v) is 7.77. The number of benzene rings is 2. The lowest BCUT2D eigenvalue weighted by atomic mass is 10.2. The molecule has 2 aromatic carbocycles. The van der Waals surface area contributed by atoms with Crippen molar-refractivity contribution < 1.29 is 4.92 Å². The van der Waals surface area contributed by atoms with Gasteiger partial charge in [-0.1, -0.05) is 23.9 Å². The molecule has 0 radical (unpaired) electrons. The number of hydrogen-bond donors (Lipinski definition) is 0. The number of hydrogen-bond acceptors (Lipinski definition) is 5. The summed E-state index contributed by atoms with van der Waals surface area (Å²) < 4.78 is 2.06. The fourth-order valence-corrected chi connectivity index (χ4v) is 3.37. The number of nitriles is 1. The van der Waals surface area contributed by atoms with Gasteiger partial charge >= 0.3 is 0 Å². The molecule has 3 aromatic rings. The minimum atomic E-state index is -0.503. The largest absolute Gasteiger partial charge is 0.319 e. The monoisotopic (exact) mass is 324 g/mol. The molecular formula is C16H12N4O2S. The number of nitro benzene ring substituents is 1. The van der Waals surface area contributed by atoms with Gasteiger partial charge in [0, 0.05) is 23.6 Å². The summed E-state index contributed by atoms with van der Waals surface area (Å²) in [4.78, 5) is 15.6. The lowest BCUT2D eigenvalue weighted by Crippen LogP contribution is -1.96. The van der Waals surface area contributed by atoms with E-state index < -0.39 is 4.92 Å². The van der Waals surface area contributed by atoms with E-state index in [0.29, 0.717) is 4.90 Å². The topological polar surface area (TPSA) is 84.7 Å². The maximum atomic E-state index is 10.8. The van der Waals surface area contributed by atoms with Crippen molar-refractivity contribution in [2.45, 2.75) is 23.5 Å². The number of rotatable bonds is 4. The zero-order chi connectivity index (χ0) is 16.4. The van der Waals surface area contributed by atoms with Gasteiger partial charge in [0.2, 0.25) is 0 Å². The van der Waals surface area contributed by atoms with Gasteiger partial charge in [0.15, 0.2) is 5.16 Å². The van der Waals surface area contributed by atoms with Gasteiger partial charge in [0.25, 0.3) is 5.69 Å². The first-order valence-electron chi connectivity index (χ1n) is 6.95. The Kier molecular flexibility index (Phi) is 4.00. The average molecular weight is 324 g/mol. The van der Waals surface area contributed by atoms with Crippen LogP contribution in [0.1, 0.15) is 12.5 Å². The van der Waals surface area contributed by atoms with Crippen LogP contribution in [0.5, 0.6) is 0 Å². The zero-order valence-corrected chi connectivity index (χ0v) is 13.1. The smallest absolute Gasteiger partial charge is 0.270 e. The van der Waals surface area contributed by atoms with E-state index >= 15 is 0 Å². The van der Waals surface area contributed by atoms with E-state index in [1.165, 1.54) is 23.9 Å². The summed E-state index contributed by atoms with van der Waals surface area (Å²) in [6.45, 7) is 2.77. The summed E-state index contributed by atoms with van der Waals surface area (Å²) in [5.41, 5.74) is 2.10. The SMILES string of the molecule is CCn1c(Sc2ccc([N+](=O)[O-])cc2C#N)nc2ccccc21. The van der Waals surface area contributed by atoms with Crippen LogP contribution in [0.15, 0.2) is 52.5 Å². The van der Waals surface area contributed by atoms with Crippen molar-refractivity contribution in [3.8, 4) is 6.07 Å². The summed E-state index contributed by atoms with van der Waals surface area (Å²) in [7, 11) is 0. The van der Waals surface area contributed by atoms with Gasteiger partial charge in [-0.15, -0.1) is 0 Å². The van der Waals surface area contributed by atoms with Gasteiger partial charge in [-0.3, -0.25) is 10.1 Å². The number of aryl methyl sites for hydroxylation is 1.